The summed E-state index contributed by atoms with van der Waals surface area (Å²) in [5.74, 6) is -1.98. The van der Waals surface area contributed by atoms with E-state index in [0.717, 1.165) is 0 Å². The predicted molar refractivity (Wildman–Crippen MR) is 112 cm³/mol. The van der Waals surface area contributed by atoms with E-state index in [1.807, 2.05) is 0 Å². The van der Waals surface area contributed by atoms with Gasteiger partial charge >= 0.3 is 11.9 Å². The van der Waals surface area contributed by atoms with Crippen LogP contribution in [0.5, 0.6) is 5.75 Å². The zero-order valence-electron chi connectivity index (χ0n) is 17.3. The summed E-state index contributed by atoms with van der Waals surface area (Å²) in [7, 11) is 1.48. The van der Waals surface area contributed by atoms with Gasteiger partial charge in [0.2, 0.25) is 0 Å². The summed E-state index contributed by atoms with van der Waals surface area (Å²) in [5.41, 5.74) is 0.774. The van der Waals surface area contributed by atoms with Gasteiger partial charge in [-0.25, -0.2) is 0 Å². The Morgan fingerprint density at radius 2 is 1.68 bits per heavy atom. The number of carbonyl (C=O) groups is 4. The van der Waals surface area contributed by atoms with Crippen molar-refractivity contribution in [2.24, 2.45) is 0 Å². The summed E-state index contributed by atoms with van der Waals surface area (Å²) < 4.78 is 14.9. The van der Waals surface area contributed by atoms with Gasteiger partial charge in [-0.3, -0.25) is 24.1 Å². The highest BCUT2D eigenvalue weighted by molar-refractivity contribution is 5.99. The molecule has 0 saturated carbocycles. The van der Waals surface area contributed by atoms with Crippen LogP contribution >= 0.6 is 0 Å². The second-order valence-electron chi connectivity index (χ2n) is 6.20. The molecular weight excluding hydrogens is 404 g/mol. The average Bonchev–Trinajstić information content (AvgIpc) is 2.80. The molecule has 0 aliphatic heterocycles. The Kier molecular flexibility index (Phi) is 9.03. The minimum atomic E-state index is -0.797. The fourth-order valence-corrected chi connectivity index (χ4v) is 2.56. The van der Waals surface area contributed by atoms with Gasteiger partial charge in [0, 0.05) is 11.3 Å². The molecule has 0 aromatic heterocycles. The number of hydrogen-bond acceptors (Lipinski definition) is 7. The first kappa shape index (κ1) is 23.4. The van der Waals surface area contributed by atoms with Crippen molar-refractivity contribution in [2.75, 3.05) is 38.3 Å². The second kappa shape index (κ2) is 12.0. The molecule has 0 spiro atoms. The minimum Gasteiger partial charge on any atom is -0.497 e. The molecule has 164 valence electrons. The molecule has 9 nitrogen and oxygen atoms in total. The molecule has 0 saturated heterocycles. The molecule has 0 aliphatic carbocycles. The largest absolute Gasteiger partial charge is 0.497 e. The van der Waals surface area contributed by atoms with Crippen LogP contribution in [-0.2, 0) is 23.9 Å². The standard InChI is InChI=1S/C22H24N2O7/c1-3-30-21(27)14-24(17-9-5-4-6-10-17)19(25)15-31-20(26)13-23-22(28)16-8-7-11-18(12-16)29-2/h4-12H,3,13-15H2,1-2H3,(H,23,28). The van der Waals surface area contributed by atoms with Crippen molar-refractivity contribution in [1.82, 2.24) is 5.32 Å². The van der Waals surface area contributed by atoms with E-state index in [4.69, 9.17) is 14.2 Å². The maximum Gasteiger partial charge on any atom is 0.326 e. The van der Waals surface area contributed by atoms with Gasteiger partial charge < -0.3 is 19.5 Å². The van der Waals surface area contributed by atoms with Crippen LogP contribution < -0.4 is 15.0 Å². The number of amides is 2. The van der Waals surface area contributed by atoms with Crippen LogP contribution in [0.25, 0.3) is 0 Å². The highest BCUT2D eigenvalue weighted by Gasteiger charge is 2.21. The summed E-state index contributed by atoms with van der Waals surface area (Å²) in [5, 5.41) is 2.42. The number of anilines is 1. The van der Waals surface area contributed by atoms with Gasteiger partial charge in [0.15, 0.2) is 6.61 Å². The normalized spacial score (nSPS) is 10.0. The molecule has 31 heavy (non-hydrogen) atoms. The molecule has 0 radical (unpaired) electrons. The van der Waals surface area contributed by atoms with Crippen LogP contribution in [0, 0.1) is 0 Å². The molecule has 0 unspecified atom stereocenters. The topological polar surface area (TPSA) is 111 Å². The van der Waals surface area contributed by atoms with E-state index in [9.17, 15) is 19.2 Å². The number of methoxy groups -OCH3 is 1. The number of benzene rings is 2. The Hall–Kier alpha value is -3.88. The van der Waals surface area contributed by atoms with E-state index in [1.54, 1.807) is 55.5 Å². The fraction of sp³-hybridized carbons (Fsp3) is 0.273. The molecule has 0 atom stereocenters. The first-order valence-electron chi connectivity index (χ1n) is 9.53. The number of nitrogens with one attached hydrogen (secondary N) is 1. The van der Waals surface area contributed by atoms with Crippen molar-refractivity contribution in [3.8, 4) is 5.75 Å². The van der Waals surface area contributed by atoms with E-state index in [1.165, 1.54) is 18.1 Å². The van der Waals surface area contributed by atoms with Crippen LogP contribution in [0.2, 0.25) is 0 Å². The van der Waals surface area contributed by atoms with Gasteiger partial charge in [0.25, 0.3) is 11.8 Å². The monoisotopic (exact) mass is 428 g/mol. The van der Waals surface area contributed by atoms with Crippen LogP contribution in [-0.4, -0.2) is 57.2 Å². The maximum atomic E-state index is 12.6. The van der Waals surface area contributed by atoms with Gasteiger partial charge in [-0.05, 0) is 37.3 Å². The summed E-state index contributed by atoms with van der Waals surface area (Å²) in [6.45, 7) is 0.501. The van der Waals surface area contributed by atoms with Gasteiger partial charge in [0.1, 0.15) is 18.8 Å². The van der Waals surface area contributed by atoms with Gasteiger partial charge in [0.05, 0.1) is 13.7 Å². The number of hydrogen-bond donors (Lipinski definition) is 1. The summed E-state index contributed by atoms with van der Waals surface area (Å²) in [6, 6.07) is 14.9. The van der Waals surface area contributed by atoms with Gasteiger partial charge in [-0.1, -0.05) is 24.3 Å². The maximum absolute atomic E-state index is 12.6. The second-order valence-corrected chi connectivity index (χ2v) is 6.20. The third kappa shape index (κ3) is 7.46. The van der Waals surface area contributed by atoms with E-state index in [-0.39, 0.29) is 13.2 Å². The third-order valence-corrected chi connectivity index (χ3v) is 4.04. The van der Waals surface area contributed by atoms with Crippen LogP contribution in [0.4, 0.5) is 5.69 Å². The van der Waals surface area contributed by atoms with Crippen molar-refractivity contribution in [1.29, 1.82) is 0 Å². The van der Waals surface area contributed by atoms with Crippen molar-refractivity contribution < 1.29 is 33.4 Å². The summed E-state index contributed by atoms with van der Waals surface area (Å²) in [4.78, 5) is 49.7. The summed E-state index contributed by atoms with van der Waals surface area (Å²) in [6.07, 6.45) is 0. The number of ether oxygens (including phenoxy) is 3. The van der Waals surface area contributed by atoms with Gasteiger partial charge in [-0.15, -0.1) is 0 Å². The quantitative estimate of drug-likeness (QED) is 0.572. The Bertz CT molecular complexity index is 915. The van der Waals surface area contributed by atoms with Crippen LogP contribution in [0.1, 0.15) is 17.3 Å². The first-order valence-corrected chi connectivity index (χ1v) is 9.53. The molecule has 0 fully saturated rings. The zero-order valence-corrected chi connectivity index (χ0v) is 17.3. The molecular formula is C22H24N2O7. The lowest BCUT2D eigenvalue weighted by molar-refractivity contribution is -0.147. The molecule has 0 heterocycles. The van der Waals surface area contributed by atoms with Crippen LogP contribution in [0.3, 0.4) is 0 Å². The Morgan fingerprint density at radius 1 is 0.935 bits per heavy atom. The van der Waals surface area contributed by atoms with E-state index < -0.39 is 36.9 Å². The van der Waals surface area contributed by atoms with Crippen LogP contribution in [0.15, 0.2) is 54.6 Å². The number of carbonyl (C=O) groups excluding carboxylic acids is 4. The summed E-state index contributed by atoms with van der Waals surface area (Å²) >= 11 is 0. The molecule has 2 amide bonds. The molecule has 2 aromatic carbocycles. The highest BCUT2D eigenvalue weighted by atomic mass is 16.5. The number of rotatable bonds is 10. The lowest BCUT2D eigenvalue weighted by atomic mass is 10.2. The minimum absolute atomic E-state index is 0.178. The smallest absolute Gasteiger partial charge is 0.326 e. The molecule has 1 N–H and O–H groups in total. The molecule has 2 aromatic rings. The predicted octanol–water partition coefficient (Wildman–Crippen LogP) is 1.56. The van der Waals surface area contributed by atoms with E-state index >= 15 is 0 Å². The number of esters is 2. The number of nitrogens with zero attached hydrogens (tertiary/aromatic N) is 1. The molecule has 2 rings (SSSR count). The van der Waals surface area contributed by atoms with E-state index in [2.05, 4.69) is 5.32 Å². The lowest BCUT2D eigenvalue weighted by Crippen LogP contribution is -2.40. The van der Waals surface area contributed by atoms with Crippen molar-refractivity contribution in [3.05, 3.63) is 60.2 Å². The SMILES string of the molecule is CCOC(=O)CN(C(=O)COC(=O)CNC(=O)c1cccc(OC)c1)c1ccccc1. The van der Waals surface area contributed by atoms with E-state index in [0.29, 0.717) is 17.0 Å². The Morgan fingerprint density at radius 3 is 2.35 bits per heavy atom. The van der Waals surface area contributed by atoms with Crippen molar-refractivity contribution >= 4 is 29.4 Å². The van der Waals surface area contributed by atoms with Crippen molar-refractivity contribution in [3.63, 3.8) is 0 Å². The zero-order chi connectivity index (χ0) is 22.6. The van der Waals surface area contributed by atoms with Gasteiger partial charge in [-0.2, -0.15) is 0 Å². The third-order valence-electron chi connectivity index (χ3n) is 4.04. The highest BCUT2D eigenvalue weighted by Crippen LogP contribution is 2.14. The Labute approximate surface area is 179 Å². The fourth-order valence-electron chi connectivity index (χ4n) is 2.56. The molecule has 0 aliphatic rings. The molecule has 9 heteroatoms. The van der Waals surface area contributed by atoms with Crippen molar-refractivity contribution in [2.45, 2.75) is 6.92 Å². The first-order chi connectivity index (χ1) is 14.9. The lowest BCUT2D eigenvalue weighted by Gasteiger charge is -2.21. The molecule has 0 bridgehead atoms. The Balaban J connectivity index is 1.90. The average molecular weight is 428 g/mol. The number of para-hydroxylation sites is 1.